The van der Waals surface area contributed by atoms with Gasteiger partial charge in [-0.15, -0.1) is 0 Å². The van der Waals surface area contributed by atoms with Crippen molar-refractivity contribution in [3.05, 3.63) is 18.7 Å². The maximum Gasteiger partial charge on any atom is 0.320 e. The first-order valence-corrected chi connectivity index (χ1v) is 8.63. The zero-order valence-electron chi connectivity index (χ0n) is 14.6. The lowest BCUT2D eigenvalue weighted by Crippen LogP contribution is -2.45. The molecule has 1 aromatic heterocycles. The van der Waals surface area contributed by atoms with E-state index in [1.54, 1.807) is 33.2 Å². The normalized spacial score (nSPS) is 19.6. The first kappa shape index (κ1) is 19.8. The van der Waals surface area contributed by atoms with Gasteiger partial charge in [0.25, 0.3) is 5.91 Å². The topological polar surface area (TPSA) is 155 Å². The molecule has 0 bridgehead atoms. The van der Waals surface area contributed by atoms with Gasteiger partial charge in [-0.05, 0) is 20.8 Å². The molecule has 2 atom stereocenters. The summed E-state index contributed by atoms with van der Waals surface area (Å²) in [6, 6.07) is -0.827. The van der Waals surface area contributed by atoms with Crippen molar-refractivity contribution in [3.63, 3.8) is 0 Å². The number of nitrogens with two attached hydrogens (primary N) is 1. The highest BCUT2D eigenvalue weighted by atomic mass is 32.2. The highest BCUT2D eigenvalue weighted by molar-refractivity contribution is 8.15. The maximum atomic E-state index is 11.9. The Kier molecular flexibility index (Phi) is 6.27. The lowest BCUT2D eigenvalue weighted by atomic mass is 10.1. The molecule has 10 nitrogen and oxygen atoms in total. The summed E-state index contributed by atoms with van der Waals surface area (Å²) in [4.78, 5) is 35.4. The van der Waals surface area contributed by atoms with E-state index in [9.17, 15) is 9.59 Å². The van der Waals surface area contributed by atoms with Gasteiger partial charge in [-0.1, -0.05) is 11.8 Å². The fraction of sp³-hybridized carbons (Fsp3) is 0.467. The van der Waals surface area contributed by atoms with Gasteiger partial charge < -0.3 is 15.8 Å². The Bertz CT molecular complexity index is 718. The van der Waals surface area contributed by atoms with Gasteiger partial charge in [0.2, 0.25) is 0 Å². The first-order chi connectivity index (χ1) is 12.2. The second-order valence-electron chi connectivity index (χ2n) is 6.41. The van der Waals surface area contributed by atoms with Gasteiger partial charge in [-0.25, -0.2) is 15.0 Å². The summed E-state index contributed by atoms with van der Waals surface area (Å²) in [5.74, 6) is -1.31. The van der Waals surface area contributed by atoms with Crippen LogP contribution in [0.25, 0.3) is 0 Å². The molecule has 0 aliphatic carbocycles. The van der Waals surface area contributed by atoms with Gasteiger partial charge in [0.1, 0.15) is 23.7 Å². The van der Waals surface area contributed by atoms with Crippen LogP contribution in [-0.4, -0.2) is 56.3 Å². The number of hydrogen-bond acceptors (Lipinski definition) is 10. The molecule has 1 aliphatic heterocycles. The van der Waals surface area contributed by atoms with Crippen molar-refractivity contribution in [1.82, 2.24) is 15.3 Å². The Labute approximate surface area is 154 Å². The molecular formula is C15H21N7O3S. The van der Waals surface area contributed by atoms with E-state index in [2.05, 4.69) is 25.6 Å². The van der Waals surface area contributed by atoms with Crippen LogP contribution in [0.3, 0.4) is 0 Å². The molecule has 2 rings (SSSR count). The number of nitrogens with zero attached hydrogens (tertiary/aromatic N) is 3. The Morgan fingerprint density at radius 3 is 2.58 bits per heavy atom. The molecule has 26 heavy (non-hydrogen) atoms. The summed E-state index contributed by atoms with van der Waals surface area (Å²) in [6.07, 6.45) is 4.52. The number of esters is 1. The van der Waals surface area contributed by atoms with Crippen LogP contribution in [-0.2, 0) is 14.3 Å². The van der Waals surface area contributed by atoms with Crippen LogP contribution in [0.2, 0.25) is 0 Å². The highest BCUT2D eigenvalue weighted by Crippen LogP contribution is 2.26. The number of amides is 1. The van der Waals surface area contributed by atoms with Gasteiger partial charge in [0.15, 0.2) is 5.17 Å². The smallest absolute Gasteiger partial charge is 0.320 e. The third kappa shape index (κ3) is 5.77. The summed E-state index contributed by atoms with van der Waals surface area (Å²) < 4.78 is 5.24. The number of hydrogen-bond donors (Lipinski definition) is 4. The van der Waals surface area contributed by atoms with Gasteiger partial charge in [0, 0.05) is 0 Å². The molecule has 0 saturated carbocycles. The van der Waals surface area contributed by atoms with Crippen molar-refractivity contribution in [2.24, 2.45) is 10.7 Å². The average Bonchev–Trinajstić information content (AvgIpc) is 2.94. The first-order valence-electron chi connectivity index (χ1n) is 7.75. The molecular weight excluding hydrogens is 358 g/mol. The predicted octanol–water partition coefficient (Wildman–Crippen LogP) is 0.122. The van der Waals surface area contributed by atoms with E-state index in [4.69, 9.17) is 15.9 Å². The van der Waals surface area contributed by atoms with Crippen LogP contribution in [0.4, 0.5) is 5.69 Å². The minimum Gasteiger partial charge on any atom is -0.459 e. The maximum absolute atomic E-state index is 11.9. The number of anilines is 1. The number of primary amides is 1. The lowest BCUT2D eigenvalue weighted by Gasteiger charge is -2.21. The number of amidine groups is 1. The lowest BCUT2D eigenvalue weighted by molar-refractivity contribution is -0.153. The van der Waals surface area contributed by atoms with Crippen molar-refractivity contribution in [3.8, 4) is 0 Å². The fourth-order valence-electron chi connectivity index (χ4n) is 2.03. The number of aromatic nitrogens is 2. The van der Waals surface area contributed by atoms with Crippen LogP contribution >= 0.6 is 11.8 Å². The second-order valence-corrected chi connectivity index (χ2v) is 7.55. The van der Waals surface area contributed by atoms with E-state index in [1.165, 1.54) is 18.1 Å². The predicted molar refractivity (Wildman–Crippen MR) is 99.0 cm³/mol. The zero-order chi connectivity index (χ0) is 19.3. The Morgan fingerprint density at radius 2 is 2.00 bits per heavy atom. The molecule has 0 radical (unpaired) electrons. The number of aliphatic imine (C=N–C) groups is 1. The van der Waals surface area contributed by atoms with Gasteiger partial charge >= 0.3 is 5.97 Å². The number of nitrogens with one attached hydrogen (secondary N) is 3. The number of carbonyl (C=O) groups is 2. The molecule has 5 N–H and O–H groups in total. The molecule has 2 unspecified atom stereocenters. The van der Waals surface area contributed by atoms with Crippen LogP contribution in [0.15, 0.2) is 23.7 Å². The van der Waals surface area contributed by atoms with E-state index in [1.807, 2.05) is 0 Å². The number of rotatable bonds is 6. The van der Waals surface area contributed by atoms with Crippen LogP contribution in [0.1, 0.15) is 20.8 Å². The van der Waals surface area contributed by atoms with E-state index in [0.29, 0.717) is 10.9 Å². The molecule has 0 saturated heterocycles. The van der Waals surface area contributed by atoms with Gasteiger partial charge in [-0.3, -0.25) is 20.3 Å². The molecule has 1 aromatic rings. The standard InChI is InChI=1S/C15H21N7O3S/c1-15(2,3)25-9(23)6-20-13-11(10(16)12(17)24)22-14(26-13)21-8-4-18-7-19-5-8/h4-5,7,11,13,16,20H,6H2,1-3H3,(H2,17,24)(H,21,22). The van der Waals surface area contributed by atoms with Gasteiger partial charge in [0.05, 0.1) is 30.0 Å². The number of ether oxygens (including phenoxy) is 1. The molecule has 0 aromatic carbocycles. The van der Waals surface area contributed by atoms with E-state index >= 15 is 0 Å². The van der Waals surface area contributed by atoms with Crippen molar-refractivity contribution in [2.75, 3.05) is 11.9 Å². The van der Waals surface area contributed by atoms with Crippen LogP contribution in [0.5, 0.6) is 0 Å². The van der Waals surface area contributed by atoms with Crippen molar-refractivity contribution in [2.45, 2.75) is 37.8 Å². The average molecular weight is 379 g/mol. The molecule has 140 valence electrons. The second kappa shape index (κ2) is 8.23. The van der Waals surface area contributed by atoms with E-state index in [0.717, 1.165) is 0 Å². The number of carbonyl (C=O) groups excluding carboxylic acids is 2. The van der Waals surface area contributed by atoms with Crippen molar-refractivity contribution >= 4 is 40.2 Å². The van der Waals surface area contributed by atoms with Crippen LogP contribution in [0, 0.1) is 5.41 Å². The SMILES string of the molecule is CC(C)(C)OC(=O)CNC1SC(Nc2cncnc2)=NC1C(=N)C(N)=O. The van der Waals surface area contributed by atoms with E-state index < -0.39 is 28.9 Å². The summed E-state index contributed by atoms with van der Waals surface area (Å²) >= 11 is 1.24. The molecule has 11 heteroatoms. The number of thioether (sulfide) groups is 1. The zero-order valence-corrected chi connectivity index (χ0v) is 15.5. The summed E-state index contributed by atoms with van der Waals surface area (Å²) in [5, 5.41) is 13.8. The summed E-state index contributed by atoms with van der Waals surface area (Å²) in [6.45, 7) is 5.23. The van der Waals surface area contributed by atoms with Crippen LogP contribution < -0.4 is 16.4 Å². The minimum atomic E-state index is -0.868. The summed E-state index contributed by atoms with van der Waals surface area (Å²) in [7, 11) is 0. The molecule has 1 aliphatic rings. The quantitative estimate of drug-likeness (QED) is 0.401. The minimum absolute atomic E-state index is 0.0886. The summed E-state index contributed by atoms with van der Waals surface area (Å²) in [5.41, 5.74) is 4.87. The van der Waals surface area contributed by atoms with Crippen molar-refractivity contribution < 1.29 is 14.3 Å². The third-order valence-corrected chi connectivity index (χ3v) is 4.13. The highest BCUT2D eigenvalue weighted by Gasteiger charge is 2.36. The van der Waals surface area contributed by atoms with Crippen molar-refractivity contribution in [1.29, 1.82) is 5.41 Å². The molecule has 0 fully saturated rings. The largest absolute Gasteiger partial charge is 0.459 e. The molecule has 0 spiro atoms. The van der Waals surface area contributed by atoms with Gasteiger partial charge in [-0.2, -0.15) is 0 Å². The molecule has 2 heterocycles. The van der Waals surface area contributed by atoms with E-state index in [-0.39, 0.29) is 12.3 Å². The third-order valence-electron chi connectivity index (χ3n) is 3.02. The Hall–Kier alpha value is -2.53. The monoisotopic (exact) mass is 379 g/mol. The fourth-order valence-corrected chi connectivity index (χ4v) is 3.12. The Balaban J connectivity index is 2.04. The Morgan fingerprint density at radius 1 is 1.35 bits per heavy atom. The molecule has 1 amide bonds.